The third-order valence-electron chi connectivity index (χ3n) is 2.24. The van der Waals surface area contributed by atoms with Gasteiger partial charge in [0.1, 0.15) is 5.76 Å². The first kappa shape index (κ1) is 18.3. The van der Waals surface area contributed by atoms with Crippen LogP contribution in [0.1, 0.15) is 20.3 Å². The SMILES string of the molecule is CC[C@H](C)/C=C/C=C/C=C/C(O)=C/C(=O)C(Cl)(Cl)Cl. The van der Waals surface area contributed by atoms with E-state index in [0.717, 1.165) is 12.5 Å². The standard InChI is InChI=1S/C14H17Cl3O2/c1-3-11(2)8-6-4-5-7-9-12(18)10-13(19)14(15,16)17/h4-11,18H,3H2,1-2H3/b5-4+,8-6+,9-7+,12-10-/t11-/m0/s1. The van der Waals surface area contributed by atoms with Crippen molar-refractivity contribution >= 4 is 40.6 Å². The molecule has 0 saturated heterocycles. The molecule has 106 valence electrons. The number of hydrogen-bond donors (Lipinski definition) is 1. The van der Waals surface area contributed by atoms with E-state index in [1.54, 1.807) is 12.2 Å². The molecule has 19 heavy (non-hydrogen) atoms. The van der Waals surface area contributed by atoms with Crippen molar-refractivity contribution in [2.75, 3.05) is 0 Å². The van der Waals surface area contributed by atoms with E-state index in [-0.39, 0.29) is 5.76 Å². The molecule has 0 aromatic heterocycles. The molecular weight excluding hydrogens is 307 g/mol. The monoisotopic (exact) mass is 322 g/mol. The van der Waals surface area contributed by atoms with Gasteiger partial charge in [-0.1, -0.05) is 85.5 Å². The number of hydrogen-bond acceptors (Lipinski definition) is 2. The normalized spacial score (nSPS) is 15.7. The Morgan fingerprint density at radius 1 is 1.21 bits per heavy atom. The first-order chi connectivity index (χ1) is 8.77. The number of aliphatic hydroxyl groups excluding tert-OH is 1. The van der Waals surface area contributed by atoms with Crippen LogP contribution in [0.15, 0.2) is 48.3 Å². The number of rotatable bonds is 6. The van der Waals surface area contributed by atoms with Gasteiger partial charge in [0.25, 0.3) is 3.79 Å². The number of aliphatic hydroxyl groups is 1. The molecule has 0 rings (SSSR count). The van der Waals surface area contributed by atoms with Gasteiger partial charge in [0.2, 0.25) is 5.78 Å². The van der Waals surface area contributed by atoms with Gasteiger partial charge in [0.05, 0.1) is 0 Å². The van der Waals surface area contributed by atoms with Crippen LogP contribution < -0.4 is 0 Å². The summed E-state index contributed by atoms with van der Waals surface area (Å²) in [6, 6.07) is 0. The van der Waals surface area contributed by atoms with Crippen LogP contribution in [-0.4, -0.2) is 14.7 Å². The van der Waals surface area contributed by atoms with E-state index in [4.69, 9.17) is 34.8 Å². The average Bonchev–Trinajstić information content (AvgIpc) is 2.31. The van der Waals surface area contributed by atoms with Crippen molar-refractivity contribution in [3.05, 3.63) is 48.3 Å². The van der Waals surface area contributed by atoms with E-state index in [1.807, 2.05) is 12.2 Å². The molecule has 0 bridgehead atoms. The molecule has 1 N–H and O–H groups in total. The van der Waals surface area contributed by atoms with Crippen LogP contribution in [0.25, 0.3) is 0 Å². The quantitative estimate of drug-likeness (QED) is 0.320. The van der Waals surface area contributed by atoms with Gasteiger partial charge in [-0.25, -0.2) is 0 Å². The molecule has 0 aliphatic rings. The lowest BCUT2D eigenvalue weighted by atomic mass is 10.1. The summed E-state index contributed by atoms with van der Waals surface area (Å²) in [6.07, 6.45) is 12.4. The molecule has 0 amide bonds. The summed E-state index contributed by atoms with van der Waals surface area (Å²) in [7, 11) is 0. The summed E-state index contributed by atoms with van der Waals surface area (Å²) in [4.78, 5) is 11.2. The molecule has 0 aliphatic carbocycles. The van der Waals surface area contributed by atoms with Crippen molar-refractivity contribution in [2.24, 2.45) is 5.92 Å². The minimum Gasteiger partial charge on any atom is -0.508 e. The first-order valence-corrected chi connectivity index (χ1v) is 6.94. The molecule has 0 aromatic carbocycles. The van der Waals surface area contributed by atoms with E-state index in [2.05, 4.69) is 19.9 Å². The number of alkyl halides is 3. The van der Waals surface area contributed by atoms with Crippen LogP contribution in [-0.2, 0) is 4.79 Å². The van der Waals surface area contributed by atoms with E-state index in [9.17, 15) is 9.90 Å². The highest BCUT2D eigenvalue weighted by Crippen LogP contribution is 2.27. The minimum absolute atomic E-state index is 0.271. The van der Waals surface area contributed by atoms with Crippen LogP contribution in [0.5, 0.6) is 0 Å². The average molecular weight is 324 g/mol. The fourth-order valence-corrected chi connectivity index (χ4v) is 1.10. The number of carbonyl (C=O) groups is 1. The van der Waals surface area contributed by atoms with Crippen LogP contribution in [0.2, 0.25) is 0 Å². The summed E-state index contributed by atoms with van der Waals surface area (Å²) < 4.78 is -2.04. The minimum atomic E-state index is -2.04. The van der Waals surface area contributed by atoms with Crippen molar-refractivity contribution in [2.45, 2.75) is 24.1 Å². The summed E-state index contributed by atoms with van der Waals surface area (Å²) >= 11 is 16.1. The Labute approximate surface area is 129 Å². The van der Waals surface area contributed by atoms with Gasteiger partial charge in [-0.15, -0.1) is 0 Å². The van der Waals surface area contributed by atoms with Crippen molar-refractivity contribution in [1.82, 2.24) is 0 Å². The van der Waals surface area contributed by atoms with E-state index < -0.39 is 9.58 Å². The zero-order valence-electron chi connectivity index (χ0n) is 10.8. The Hall–Kier alpha value is -0.700. The van der Waals surface area contributed by atoms with E-state index in [0.29, 0.717) is 5.92 Å². The fourth-order valence-electron chi connectivity index (χ4n) is 0.937. The smallest absolute Gasteiger partial charge is 0.252 e. The molecule has 2 nitrogen and oxygen atoms in total. The zero-order chi connectivity index (χ0) is 14.9. The lowest BCUT2D eigenvalue weighted by Gasteiger charge is -2.04. The summed E-state index contributed by atoms with van der Waals surface area (Å²) in [5.74, 6) is -0.531. The summed E-state index contributed by atoms with van der Waals surface area (Å²) in [5, 5.41) is 9.39. The lowest BCUT2D eigenvalue weighted by Crippen LogP contribution is -2.16. The molecule has 0 aromatic rings. The Balaban J connectivity index is 4.35. The van der Waals surface area contributed by atoms with Gasteiger partial charge in [0.15, 0.2) is 0 Å². The molecule has 0 saturated carbocycles. The maximum Gasteiger partial charge on any atom is 0.252 e. The Morgan fingerprint density at radius 2 is 1.79 bits per heavy atom. The lowest BCUT2D eigenvalue weighted by molar-refractivity contribution is -0.113. The van der Waals surface area contributed by atoms with E-state index in [1.165, 1.54) is 6.08 Å². The van der Waals surface area contributed by atoms with Gasteiger partial charge in [-0.3, -0.25) is 4.79 Å². The molecule has 0 heterocycles. The third-order valence-corrected chi connectivity index (χ3v) is 2.80. The number of carbonyl (C=O) groups excluding carboxylic acids is 1. The molecular formula is C14H17Cl3O2. The number of allylic oxidation sites excluding steroid dienone is 7. The van der Waals surface area contributed by atoms with Gasteiger partial charge in [0, 0.05) is 6.08 Å². The van der Waals surface area contributed by atoms with Gasteiger partial charge in [-0.05, 0) is 12.0 Å². The predicted molar refractivity (Wildman–Crippen MR) is 82.9 cm³/mol. The Kier molecular flexibility index (Phi) is 8.90. The molecule has 0 spiro atoms. The highest BCUT2D eigenvalue weighted by molar-refractivity contribution is 6.77. The van der Waals surface area contributed by atoms with Crippen LogP contribution in [0.3, 0.4) is 0 Å². The molecule has 1 atom stereocenters. The van der Waals surface area contributed by atoms with Crippen molar-refractivity contribution in [1.29, 1.82) is 0 Å². The molecule has 0 unspecified atom stereocenters. The largest absolute Gasteiger partial charge is 0.508 e. The van der Waals surface area contributed by atoms with Gasteiger partial charge >= 0.3 is 0 Å². The molecule has 0 radical (unpaired) electrons. The van der Waals surface area contributed by atoms with Gasteiger partial charge < -0.3 is 5.11 Å². The van der Waals surface area contributed by atoms with Crippen molar-refractivity contribution in [3.63, 3.8) is 0 Å². The van der Waals surface area contributed by atoms with Crippen LogP contribution in [0.4, 0.5) is 0 Å². The molecule has 0 fully saturated rings. The predicted octanol–water partition coefficient (Wildman–Crippen LogP) is 5.08. The number of ketones is 1. The fraction of sp³-hybridized carbons (Fsp3) is 0.357. The topological polar surface area (TPSA) is 37.3 Å². The maximum absolute atomic E-state index is 11.2. The molecule has 5 heteroatoms. The highest BCUT2D eigenvalue weighted by Gasteiger charge is 2.28. The third kappa shape index (κ3) is 9.83. The van der Waals surface area contributed by atoms with Crippen LogP contribution >= 0.6 is 34.8 Å². The second-order valence-electron chi connectivity index (χ2n) is 3.95. The summed E-state index contributed by atoms with van der Waals surface area (Å²) in [5.41, 5.74) is 0. The van der Waals surface area contributed by atoms with Crippen LogP contribution in [0, 0.1) is 5.92 Å². The highest BCUT2D eigenvalue weighted by atomic mass is 35.6. The summed E-state index contributed by atoms with van der Waals surface area (Å²) in [6.45, 7) is 4.24. The molecule has 0 aliphatic heterocycles. The first-order valence-electron chi connectivity index (χ1n) is 5.80. The number of halogens is 3. The van der Waals surface area contributed by atoms with Crippen molar-refractivity contribution < 1.29 is 9.90 Å². The Bertz CT molecular complexity index is 401. The van der Waals surface area contributed by atoms with Crippen molar-refractivity contribution in [3.8, 4) is 0 Å². The Morgan fingerprint density at radius 3 is 2.32 bits per heavy atom. The maximum atomic E-state index is 11.2. The zero-order valence-corrected chi connectivity index (χ0v) is 13.1. The van der Waals surface area contributed by atoms with Gasteiger partial charge in [-0.2, -0.15) is 0 Å². The second kappa shape index (κ2) is 9.24. The van der Waals surface area contributed by atoms with E-state index >= 15 is 0 Å². The second-order valence-corrected chi connectivity index (χ2v) is 6.23.